The van der Waals surface area contributed by atoms with Crippen LogP contribution in [0.2, 0.25) is 0 Å². The third-order valence-electron chi connectivity index (χ3n) is 4.43. The second-order valence-electron chi connectivity index (χ2n) is 6.32. The Morgan fingerprint density at radius 1 is 0.889 bits per heavy atom. The van der Waals surface area contributed by atoms with Crippen LogP contribution in [0.1, 0.15) is 17.2 Å². The summed E-state index contributed by atoms with van der Waals surface area (Å²) >= 11 is 1.72. The Labute approximate surface area is 164 Å². The van der Waals surface area contributed by atoms with Crippen LogP contribution in [0.5, 0.6) is 0 Å². The van der Waals surface area contributed by atoms with Gasteiger partial charge in [0.2, 0.25) is 5.90 Å². The first-order valence-electron chi connectivity index (χ1n) is 8.96. The minimum atomic E-state index is -0.129. The maximum Gasteiger partial charge on any atom is 0.218 e. The Balaban J connectivity index is 1.64. The summed E-state index contributed by atoms with van der Waals surface area (Å²) in [5.74, 6) is 0.685. The monoisotopic (exact) mass is 375 g/mol. The number of hydrogen-bond donors (Lipinski definition) is 0. The van der Waals surface area contributed by atoms with E-state index in [9.17, 15) is 0 Å². The van der Waals surface area contributed by atoms with Crippen LogP contribution in [0.25, 0.3) is 0 Å². The third kappa shape index (κ3) is 4.07. The second kappa shape index (κ2) is 8.42. The zero-order chi connectivity index (χ0) is 18.5. The summed E-state index contributed by atoms with van der Waals surface area (Å²) in [5.41, 5.74) is 2.14. The molecule has 0 saturated carbocycles. The van der Waals surface area contributed by atoms with Gasteiger partial charge >= 0.3 is 0 Å². The fraction of sp³-hybridized carbons (Fsp3) is 0.174. The van der Waals surface area contributed by atoms with E-state index < -0.39 is 0 Å². The molecule has 0 saturated heterocycles. The zero-order valence-corrected chi connectivity index (χ0v) is 15.9. The first-order chi connectivity index (χ1) is 13.3. The molecule has 3 aromatic rings. The van der Waals surface area contributed by atoms with Gasteiger partial charge in [-0.05, 0) is 29.8 Å². The molecule has 0 bridgehead atoms. The lowest BCUT2D eigenvalue weighted by Crippen LogP contribution is -2.19. The van der Waals surface area contributed by atoms with Crippen LogP contribution in [0.4, 0.5) is 0 Å². The summed E-state index contributed by atoms with van der Waals surface area (Å²) in [6.45, 7) is 0.525. The molecule has 2 atom stereocenters. The quantitative estimate of drug-likeness (QED) is 0.580. The fourth-order valence-electron chi connectivity index (χ4n) is 3.16. The Bertz CT molecular complexity index is 912. The van der Waals surface area contributed by atoms with Gasteiger partial charge < -0.3 is 9.47 Å². The average Bonchev–Trinajstić information content (AvgIpc) is 3.14. The highest BCUT2D eigenvalue weighted by molar-refractivity contribution is 7.99. The van der Waals surface area contributed by atoms with Crippen molar-refractivity contribution in [3.63, 3.8) is 0 Å². The number of ether oxygens (including phenoxy) is 2. The van der Waals surface area contributed by atoms with E-state index >= 15 is 0 Å². The predicted octanol–water partition coefficient (Wildman–Crippen LogP) is 5.37. The highest BCUT2D eigenvalue weighted by Crippen LogP contribution is 2.36. The SMILES string of the molecule is COC[C@@H]1N=C(c2ccccc2Sc2ccccc2)O[C@H]1c1ccccc1. The van der Waals surface area contributed by atoms with Crippen LogP contribution < -0.4 is 0 Å². The number of methoxy groups -OCH3 is 1. The number of aliphatic imine (C=N–C) groups is 1. The van der Waals surface area contributed by atoms with E-state index in [0.29, 0.717) is 12.5 Å². The Morgan fingerprint density at radius 3 is 2.30 bits per heavy atom. The van der Waals surface area contributed by atoms with E-state index in [1.807, 2.05) is 36.4 Å². The molecule has 27 heavy (non-hydrogen) atoms. The van der Waals surface area contributed by atoms with Gasteiger partial charge in [0.1, 0.15) is 6.04 Å². The summed E-state index contributed by atoms with van der Waals surface area (Å²) in [5, 5.41) is 0. The van der Waals surface area contributed by atoms with Gasteiger partial charge in [-0.3, -0.25) is 0 Å². The predicted molar refractivity (Wildman–Crippen MR) is 109 cm³/mol. The van der Waals surface area contributed by atoms with E-state index in [2.05, 4.69) is 48.5 Å². The van der Waals surface area contributed by atoms with Crippen molar-refractivity contribution < 1.29 is 9.47 Å². The van der Waals surface area contributed by atoms with Gasteiger partial charge in [0.25, 0.3) is 0 Å². The molecular weight excluding hydrogens is 354 g/mol. The van der Waals surface area contributed by atoms with Gasteiger partial charge in [0.05, 0.1) is 12.2 Å². The van der Waals surface area contributed by atoms with Crippen LogP contribution in [0, 0.1) is 0 Å². The number of rotatable bonds is 6. The zero-order valence-electron chi connectivity index (χ0n) is 15.1. The van der Waals surface area contributed by atoms with Crippen molar-refractivity contribution in [3.05, 3.63) is 96.1 Å². The van der Waals surface area contributed by atoms with Gasteiger partial charge in [0, 0.05) is 16.9 Å². The molecule has 3 nitrogen and oxygen atoms in total. The molecule has 0 radical (unpaired) electrons. The van der Waals surface area contributed by atoms with Crippen LogP contribution >= 0.6 is 11.8 Å². The first kappa shape index (κ1) is 17.8. The highest BCUT2D eigenvalue weighted by atomic mass is 32.2. The summed E-state index contributed by atoms with van der Waals surface area (Å²) in [7, 11) is 1.70. The van der Waals surface area contributed by atoms with Crippen molar-refractivity contribution in [1.82, 2.24) is 0 Å². The summed E-state index contributed by atoms with van der Waals surface area (Å²) in [6, 6.07) is 28.8. The van der Waals surface area contributed by atoms with Gasteiger partial charge in [-0.1, -0.05) is 72.4 Å². The van der Waals surface area contributed by atoms with Crippen LogP contribution in [0.15, 0.2) is 99.7 Å². The Hall–Kier alpha value is -2.56. The number of nitrogens with zero attached hydrogens (tertiary/aromatic N) is 1. The fourth-order valence-corrected chi connectivity index (χ4v) is 4.12. The van der Waals surface area contributed by atoms with Gasteiger partial charge in [-0.15, -0.1) is 0 Å². The van der Waals surface area contributed by atoms with E-state index in [1.54, 1.807) is 18.9 Å². The molecule has 0 unspecified atom stereocenters. The number of hydrogen-bond acceptors (Lipinski definition) is 4. The molecule has 4 heteroatoms. The van der Waals surface area contributed by atoms with Crippen molar-refractivity contribution in [1.29, 1.82) is 0 Å². The lowest BCUT2D eigenvalue weighted by Gasteiger charge is -2.17. The largest absolute Gasteiger partial charge is 0.467 e. The van der Waals surface area contributed by atoms with Crippen molar-refractivity contribution in [3.8, 4) is 0 Å². The normalized spacial score (nSPS) is 18.8. The molecule has 1 heterocycles. The van der Waals surface area contributed by atoms with Crippen molar-refractivity contribution in [2.24, 2.45) is 4.99 Å². The molecule has 0 spiro atoms. The summed E-state index contributed by atoms with van der Waals surface area (Å²) < 4.78 is 11.7. The van der Waals surface area contributed by atoms with Gasteiger partial charge in [-0.25, -0.2) is 4.99 Å². The van der Waals surface area contributed by atoms with E-state index in [1.165, 1.54) is 4.90 Å². The minimum absolute atomic E-state index is 0.0535. The average molecular weight is 375 g/mol. The third-order valence-corrected chi connectivity index (χ3v) is 5.51. The molecule has 1 aliphatic rings. The van der Waals surface area contributed by atoms with E-state index in [0.717, 1.165) is 16.0 Å². The Kier molecular flexibility index (Phi) is 5.56. The highest BCUT2D eigenvalue weighted by Gasteiger charge is 2.33. The topological polar surface area (TPSA) is 30.8 Å². The molecule has 0 N–H and O–H groups in total. The molecule has 3 aromatic carbocycles. The van der Waals surface area contributed by atoms with Crippen molar-refractivity contribution in [2.75, 3.05) is 13.7 Å². The lowest BCUT2D eigenvalue weighted by atomic mass is 10.0. The van der Waals surface area contributed by atoms with Crippen molar-refractivity contribution >= 4 is 17.7 Å². The molecule has 1 aliphatic heterocycles. The molecule has 0 aromatic heterocycles. The maximum absolute atomic E-state index is 6.33. The first-order valence-corrected chi connectivity index (χ1v) is 9.77. The molecule has 136 valence electrons. The van der Waals surface area contributed by atoms with Crippen LogP contribution in [-0.2, 0) is 9.47 Å². The van der Waals surface area contributed by atoms with Gasteiger partial charge in [0.15, 0.2) is 6.10 Å². The van der Waals surface area contributed by atoms with Crippen LogP contribution in [-0.4, -0.2) is 25.7 Å². The Morgan fingerprint density at radius 2 is 1.56 bits per heavy atom. The molecular formula is C23H21NO2S. The van der Waals surface area contributed by atoms with E-state index in [4.69, 9.17) is 14.5 Å². The molecule has 4 rings (SSSR count). The minimum Gasteiger partial charge on any atom is -0.467 e. The smallest absolute Gasteiger partial charge is 0.218 e. The standard InChI is InChI=1S/C23H21NO2S/c1-25-16-20-22(17-10-4-2-5-11-17)26-23(24-20)19-14-8-9-15-21(19)27-18-12-6-3-7-13-18/h2-15,20,22H,16H2,1H3/t20-,22-/m0/s1. The maximum atomic E-state index is 6.33. The molecule has 0 amide bonds. The van der Waals surface area contributed by atoms with Crippen molar-refractivity contribution in [2.45, 2.75) is 21.9 Å². The lowest BCUT2D eigenvalue weighted by molar-refractivity contribution is 0.120. The second-order valence-corrected chi connectivity index (χ2v) is 7.43. The van der Waals surface area contributed by atoms with E-state index in [-0.39, 0.29) is 12.1 Å². The summed E-state index contributed by atoms with van der Waals surface area (Å²) in [4.78, 5) is 7.19. The molecule has 0 aliphatic carbocycles. The van der Waals surface area contributed by atoms with Crippen LogP contribution in [0.3, 0.4) is 0 Å². The number of benzene rings is 3. The molecule has 0 fully saturated rings. The summed E-state index contributed by atoms with van der Waals surface area (Å²) in [6.07, 6.45) is -0.129. The van der Waals surface area contributed by atoms with Gasteiger partial charge in [-0.2, -0.15) is 0 Å².